The first-order chi connectivity index (χ1) is 15.7. The highest BCUT2D eigenvalue weighted by Crippen LogP contribution is 2.31. The largest absolute Gasteiger partial charge is 0.397 e. The van der Waals surface area contributed by atoms with Gasteiger partial charge in [-0.1, -0.05) is 0 Å². The van der Waals surface area contributed by atoms with Crippen molar-refractivity contribution in [2.45, 2.75) is 32.1 Å². The van der Waals surface area contributed by atoms with E-state index in [2.05, 4.69) is 20.2 Å². The third-order valence-corrected chi connectivity index (χ3v) is 5.83. The van der Waals surface area contributed by atoms with Crippen LogP contribution in [0.2, 0.25) is 0 Å². The van der Waals surface area contributed by atoms with Crippen molar-refractivity contribution in [3.63, 3.8) is 0 Å². The van der Waals surface area contributed by atoms with E-state index in [1.807, 2.05) is 13.0 Å². The molecular weight excluding hydrogens is 420 g/mol. The van der Waals surface area contributed by atoms with Crippen LogP contribution in [0.15, 0.2) is 35.6 Å². The third-order valence-electron chi connectivity index (χ3n) is 5.83. The zero-order valence-corrected chi connectivity index (χ0v) is 18.8. The lowest BCUT2D eigenvalue weighted by Crippen LogP contribution is -2.51. The molecule has 170 valence electrons. The van der Waals surface area contributed by atoms with E-state index < -0.39 is 17.2 Å². The van der Waals surface area contributed by atoms with Gasteiger partial charge in [0.1, 0.15) is 0 Å². The van der Waals surface area contributed by atoms with Crippen molar-refractivity contribution in [2.24, 2.45) is 10.7 Å². The van der Waals surface area contributed by atoms with Gasteiger partial charge < -0.3 is 26.1 Å². The second-order valence-corrected chi connectivity index (χ2v) is 8.45. The number of carbonyl (C=O) groups excluding carboxylic acids is 1. The van der Waals surface area contributed by atoms with Gasteiger partial charge in [-0.2, -0.15) is 0 Å². The summed E-state index contributed by atoms with van der Waals surface area (Å²) >= 11 is 0. The highest BCUT2D eigenvalue weighted by Gasteiger charge is 2.27. The van der Waals surface area contributed by atoms with E-state index in [0.717, 1.165) is 5.69 Å². The van der Waals surface area contributed by atoms with E-state index in [1.165, 1.54) is 10.5 Å². The molecule has 0 spiro atoms. The maximum absolute atomic E-state index is 14.4. The normalized spacial score (nSPS) is 15.9. The van der Waals surface area contributed by atoms with Gasteiger partial charge in [0.05, 0.1) is 30.5 Å². The molecule has 5 N–H and O–H groups in total. The Morgan fingerprint density at radius 1 is 1.36 bits per heavy atom. The van der Waals surface area contributed by atoms with E-state index in [4.69, 9.17) is 19.3 Å². The maximum Gasteiger partial charge on any atom is 0.257 e. The van der Waals surface area contributed by atoms with Crippen LogP contribution in [0.25, 0.3) is 5.65 Å². The number of carbonyl (C=O) groups is 1. The Labute approximate surface area is 193 Å². The minimum Gasteiger partial charge on any atom is -0.397 e. The number of nitrogens with one attached hydrogen (secondary N) is 1. The predicted octanol–water partition coefficient (Wildman–Crippen LogP) is 2.48. The average Bonchev–Trinajstić information content (AvgIpc) is 3.13. The van der Waals surface area contributed by atoms with Crippen molar-refractivity contribution in [3.05, 3.63) is 53.2 Å². The third kappa shape index (κ3) is 4.70. The minimum atomic E-state index is -0.677. The van der Waals surface area contributed by atoms with E-state index in [-0.39, 0.29) is 11.2 Å². The molecule has 1 aliphatic rings. The van der Waals surface area contributed by atoms with Crippen LogP contribution in [0.5, 0.6) is 0 Å². The van der Waals surface area contributed by atoms with Crippen molar-refractivity contribution >= 4 is 42.7 Å². The smallest absolute Gasteiger partial charge is 0.257 e. The lowest BCUT2D eigenvalue weighted by Gasteiger charge is -2.39. The zero-order chi connectivity index (χ0) is 23.8. The lowest BCUT2D eigenvalue weighted by atomic mass is 9.71. The molecular formula is C23H27BFN7O. The first-order valence-corrected chi connectivity index (χ1v) is 10.9. The fourth-order valence-corrected chi connectivity index (χ4v) is 4.03. The molecule has 0 atom stereocenters. The molecule has 33 heavy (non-hydrogen) atoms. The first kappa shape index (κ1) is 22.8. The van der Waals surface area contributed by atoms with Gasteiger partial charge >= 0.3 is 0 Å². The number of hydrogen-bond donors (Lipinski definition) is 3. The molecule has 2 aromatic heterocycles. The number of pyridine rings is 1. The number of fused-ring (bicyclic) bond motifs is 1. The summed E-state index contributed by atoms with van der Waals surface area (Å²) < 4.78 is 15.9. The number of nitrogens with zero attached hydrogens (tertiary/aromatic N) is 4. The van der Waals surface area contributed by atoms with Crippen LogP contribution in [0.4, 0.5) is 21.5 Å². The van der Waals surface area contributed by atoms with Gasteiger partial charge in [-0.05, 0) is 44.3 Å². The van der Waals surface area contributed by atoms with E-state index in [1.54, 1.807) is 31.6 Å². The number of nitrogen functional groups attached to an aromatic ring is 1. The number of aryl methyl sites for hydroxylation is 1. The lowest BCUT2D eigenvalue weighted by molar-refractivity contribution is 0.102. The Morgan fingerprint density at radius 2 is 2.09 bits per heavy atom. The number of anilines is 3. The Balaban J connectivity index is 1.65. The molecule has 4 rings (SSSR count). The fourth-order valence-electron chi connectivity index (χ4n) is 4.03. The topological polar surface area (TPSA) is 114 Å². The summed E-state index contributed by atoms with van der Waals surface area (Å²) in [6.07, 6.45) is 6.27. The van der Waals surface area contributed by atoms with Crippen LogP contribution in [-0.4, -0.2) is 54.4 Å². The monoisotopic (exact) mass is 447 g/mol. The fraction of sp³-hybridized carbons (Fsp3) is 0.348. The van der Waals surface area contributed by atoms with Crippen LogP contribution in [-0.2, 0) is 0 Å². The van der Waals surface area contributed by atoms with Gasteiger partial charge in [0.2, 0.25) is 0 Å². The van der Waals surface area contributed by atoms with Gasteiger partial charge in [0.15, 0.2) is 11.5 Å². The molecule has 1 fully saturated rings. The Bertz CT molecular complexity index is 1230. The van der Waals surface area contributed by atoms with Crippen LogP contribution < -0.4 is 21.7 Å². The van der Waals surface area contributed by atoms with Gasteiger partial charge in [-0.15, -0.1) is 0 Å². The SMILES string of the molecule is [B]C1(N)CCN(c2ccc(C(=O)Nc3cc(F)c4nc(C)cn4c3)c(N)c2C=NCC)CC1. The molecule has 1 aromatic carbocycles. The number of imidazole rings is 1. The summed E-state index contributed by atoms with van der Waals surface area (Å²) in [5.41, 5.74) is 15.1. The number of piperidine rings is 1. The highest BCUT2D eigenvalue weighted by atomic mass is 19.1. The highest BCUT2D eigenvalue weighted by molar-refractivity contribution is 6.15. The molecule has 2 radical (unpaired) electrons. The Morgan fingerprint density at radius 3 is 2.79 bits per heavy atom. The molecule has 0 aliphatic carbocycles. The quantitative estimate of drug-likeness (QED) is 0.316. The molecule has 0 bridgehead atoms. The summed E-state index contributed by atoms with van der Waals surface area (Å²) in [5.74, 6) is -0.969. The van der Waals surface area contributed by atoms with Crippen molar-refractivity contribution in [1.29, 1.82) is 0 Å². The summed E-state index contributed by atoms with van der Waals surface area (Å²) in [7, 11) is 6.06. The molecule has 0 saturated carbocycles. The molecule has 8 nitrogen and oxygen atoms in total. The second-order valence-electron chi connectivity index (χ2n) is 8.45. The number of amides is 1. The van der Waals surface area contributed by atoms with Gasteiger partial charge in [-0.25, -0.2) is 9.37 Å². The van der Waals surface area contributed by atoms with Crippen LogP contribution in [0.1, 0.15) is 41.4 Å². The first-order valence-electron chi connectivity index (χ1n) is 10.9. The van der Waals surface area contributed by atoms with Crippen molar-refractivity contribution in [2.75, 3.05) is 35.6 Å². The predicted molar refractivity (Wildman–Crippen MR) is 131 cm³/mol. The summed E-state index contributed by atoms with van der Waals surface area (Å²) in [6, 6.07) is 4.76. The number of halogens is 1. The minimum absolute atomic E-state index is 0.202. The summed E-state index contributed by atoms with van der Waals surface area (Å²) in [6.45, 7) is 5.62. The van der Waals surface area contributed by atoms with Crippen LogP contribution in [0, 0.1) is 12.7 Å². The molecule has 1 saturated heterocycles. The Hall–Kier alpha value is -3.40. The number of nitrogens with two attached hydrogens (primary N) is 2. The summed E-state index contributed by atoms with van der Waals surface area (Å²) in [5, 5.41) is 2.74. The number of rotatable bonds is 5. The van der Waals surface area contributed by atoms with E-state index >= 15 is 0 Å². The molecule has 3 heterocycles. The molecule has 1 aliphatic heterocycles. The van der Waals surface area contributed by atoms with Crippen LogP contribution in [0.3, 0.4) is 0 Å². The maximum atomic E-state index is 14.4. The number of hydrogen-bond acceptors (Lipinski definition) is 6. The van der Waals surface area contributed by atoms with Crippen molar-refractivity contribution in [3.8, 4) is 0 Å². The molecule has 1 amide bonds. The molecule has 0 unspecified atom stereocenters. The van der Waals surface area contributed by atoms with Gasteiger partial charge in [0.25, 0.3) is 5.91 Å². The molecule has 3 aromatic rings. The average molecular weight is 447 g/mol. The van der Waals surface area contributed by atoms with E-state index in [0.29, 0.717) is 55.1 Å². The van der Waals surface area contributed by atoms with Gasteiger partial charge in [-0.3, -0.25) is 9.79 Å². The van der Waals surface area contributed by atoms with Crippen molar-refractivity contribution in [1.82, 2.24) is 9.38 Å². The summed E-state index contributed by atoms with van der Waals surface area (Å²) in [4.78, 5) is 23.7. The zero-order valence-electron chi connectivity index (χ0n) is 18.8. The Kier molecular flexibility index (Phi) is 6.12. The number of aliphatic imine (C=N–C) groups is 1. The van der Waals surface area contributed by atoms with Gasteiger partial charge in [0, 0.05) is 55.6 Å². The van der Waals surface area contributed by atoms with E-state index in [9.17, 15) is 9.18 Å². The van der Waals surface area contributed by atoms with Crippen molar-refractivity contribution < 1.29 is 9.18 Å². The number of benzene rings is 1. The number of aromatic nitrogens is 2. The van der Waals surface area contributed by atoms with Crippen LogP contribution >= 0.6 is 0 Å². The molecule has 10 heteroatoms. The second kappa shape index (κ2) is 8.86. The standard InChI is InChI=1S/C23H27BFN7O/c1-3-28-11-17-19(31-8-6-23(24,27)7-9-31)5-4-16(20(17)26)22(33)30-15-10-18(25)21-29-14(2)12-32(21)13-15/h4-5,10-13H,3,6-9,26-27H2,1-2H3,(H,30,33).